The van der Waals surface area contributed by atoms with E-state index in [1.54, 1.807) is 11.8 Å². The minimum Gasteiger partial charge on any atom is -0.453 e. The monoisotopic (exact) mass is 668 g/mol. The van der Waals surface area contributed by atoms with E-state index in [4.69, 9.17) is 14.2 Å². The lowest BCUT2D eigenvalue weighted by Gasteiger charge is -2.43. The molecular formula is C38H40N2O7S. The van der Waals surface area contributed by atoms with Gasteiger partial charge in [0.2, 0.25) is 5.91 Å². The number of carbonyl (C=O) groups excluding carboxylic acids is 3. The SMILES string of the molecule is CC(=O)Nc1ccc(SC[C@H]2OC(c3ccc(CNC(=O)[C@H](C)OC(C)=O)cc3)O[C@@H](c3ccc(CO)cc3)[C@@H]2c2ccccc2)cc1. The fourth-order valence-corrected chi connectivity index (χ4v) is 6.57. The van der Waals surface area contributed by atoms with E-state index < -0.39 is 18.4 Å². The van der Waals surface area contributed by atoms with E-state index in [0.717, 1.165) is 38.4 Å². The zero-order chi connectivity index (χ0) is 34.0. The Morgan fingerprint density at radius 2 is 1.46 bits per heavy atom. The van der Waals surface area contributed by atoms with E-state index in [-0.39, 0.29) is 43.1 Å². The largest absolute Gasteiger partial charge is 0.453 e. The van der Waals surface area contributed by atoms with Gasteiger partial charge in [-0.1, -0.05) is 78.9 Å². The molecule has 0 bridgehead atoms. The average Bonchev–Trinajstić information content (AvgIpc) is 3.10. The molecule has 1 saturated heterocycles. The molecule has 9 nitrogen and oxygen atoms in total. The van der Waals surface area contributed by atoms with Crippen LogP contribution < -0.4 is 10.6 Å². The first-order valence-corrected chi connectivity index (χ1v) is 16.8. The molecule has 0 aromatic heterocycles. The molecule has 1 heterocycles. The fraction of sp³-hybridized carbons (Fsp3) is 0.289. The topological polar surface area (TPSA) is 123 Å². The number of ether oxygens (including phenoxy) is 3. The second-order valence-corrected chi connectivity index (χ2v) is 12.7. The molecule has 0 spiro atoms. The summed E-state index contributed by atoms with van der Waals surface area (Å²) in [5.41, 5.74) is 5.32. The number of nitrogens with one attached hydrogen (secondary N) is 2. The molecule has 2 amide bonds. The van der Waals surface area contributed by atoms with Crippen LogP contribution in [0.3, 0.4) is 0 Å². The quantitative estimate of drug-likeness (QED) is 0.117. The van der Waals surface area contributed by atoms with E-state index in [1.807, 2.05) is 91.0 Å². The number of esters is 1. The summed E-state index contributed by atoms with van der Waals surface area (Å²) in [6.45, 7) is 4.51. The van der Waals surface area contributed by atoms with E-state index in [1.165, 1.54) is 20.8 Å². The van der Waals surface area contributed by atoms with Crippen molar-refractivity contribution in [1.29, 1.82) is 0 Å². The van der Waals surface area contributed by atoms with Gasteiger partial charge in [0.05, 0.1) is 18.8 Å². The average molecular weight is 669 g/mol. The second kappa shape index (κ2) is 16.6. The lowest BCUT2D eigenvalue weighted by Crippen LogP contribution is -2.38. The number of rotatable bonds is 12. The van der Waals surface area contributed by atoms with Crippen molar-refractivity contribution in [2.75, 3.05) is 11.1 Å². The Morgan fingerprint density at radius 3 is 2.08 bits per heavy atom. The molecule has 5 atom stereocenters. The highest BCUT2D eigenvalue weighted by Crippen LogP contribution is 2.48. The first kappa shape index (κ1) is 34.8. The van der Waals surface area contributed by atoms with Gasteiger partial charge in [0.15, 0.2) is 12.4 Å². The molecule has 1 aliphatic rings. The van der Waals surface area contributed by atoms with Gasteiger partial charge in [-0.05, 0) is 53.4 Å². The molecule has 48 heavy (non-hydrogen) atoms. The number of carbonyl (C=O) groups is 3. The predicted molar refractivity (Wildman–Crippen MR) is 184 cm³/mol. The molecule has 3 N–H and O–H groups in total. The second-order valence-electron chi connectivity index (χ2n) is 11.6. The highest BCUT2D eigenvalue weighted by atomic mass is 32.2. The summed E-state index contributed by atoms with van der Waals surface area (Å²) >= 11 is 1.67. The van der Waals surface area contributed by atoms with Crippen molar-refractivity contribution in [3.05, 3.63) is 131 Å². The lowest BCUT2D eigenvalue weighted by atomic mass is 9.84. The zero-order valence-corrected chi connectivity index (χ0v) is 27.9. The standard InChI is InChI=1S/C38H40N2O7S/c1-24(45-26(3)43)37(44)39-21-27-9-15-31(16-10-27)38-46-34(23-48-33-19-17-32(18-20-33)40-25(2)42)35(29-7-5-4-6-8-29)36(47-38)30-13-11-28(22-41)12-14-30/h4-20,24,34-36,38,41H,21-23H2,1-3H3,(H,39,44)(H,40,42)/t24-,34+,35+,36-,38?/m0/s1. The third-order valence-electron chi connectivity index (χ3n) is 7.99. The Morgan fingerprint density at radius 1 is 0.812 bits per heavy atom. The molecule has 1 unspecified atom stereocenters. The normalized spacial score (nSPS) is 19.6. The van der Waals surface area contributed by atoms with Crippen molar-refractivity contribution in [1.82, 2.24) is 5.32 Å². The lowest BCUT2D eigenvalue weighted by molar-refractivity contribution is -0.255. The van der Waals surface area contributed by atoms with Crippen LogP contribution in [-0.2, 0) is 41.7 Å². The van der Waals surface area contributed by atoms with Crippen LogP contribution in [-0.4, -0.2) is 40.9 Å². The minimum atomic E-state index is -0.878. The summed E-state index contributed by atoms with van der Waals surface area (Å²) in [4.78, 5) is 36.0. The molecular weight excluding hydrogens is 628 g/mol. The van der Waals surface area contributed by atoms with Gasteiger partial charge in [0.1, 0.15) is 0 Å². The molecule has 0 radical (unpaired) electrons. The number of hydrogen-bond donors (Lipinski definition) is 3. The molecule has 0 saturated carbocycles. The van der Waals surface area contributed by atoms with Crippen LogP contribution >= 0.6 is 11.8 Å². The first-order chi connectivity index (χ1) is 23.2. The number of aliphatic hydroxyl groups is 1. The van der Waals surface area contributed by atoms with Crippen LogP contribution in [0.4, 0.5) is 5.69 Å². The van der Waals surface area contributed by atoms with E-state index in [0.29, 0.717) is 5.75 Å². The third-order valence-corrected chi connectivity index (χ3v) is 9.09. The van der Waals surface area contributed by atoms with Gasteiger partial charge in [0.25, 0.3) is 5.91 Å². The third kappa shape index (κ3) is 9.32. The van der Waals surface area contributed by atoms with Gasteiger partial charge >= 0.3 is 5.97 Å². The fourth-order valence-electron chi connectivity index (χ4n) is 5.60. The van der Waals surface area contributed by atoms with Crippen molar-refractivity contribution < 1.29 is 33.7 Å². The van der Waals surface area contributed by atoms with Crippen molar-refractivity contribution in [2.24, 2.45) is 0 Å². The molecule has 0 aliphatic carbocycles. The summed E-state index contributed by atoms with van der Waals surface area (Å²) in [5, 5.41) is 15.3. The van der Waals surface area contributed by atoms with E-state index >= 15 is 0 Å². The molecule has 250 valence electrons. The van der Waals surface area contributed by atoms with E-state index in [2.05, 4.69) is 22.8 Å². The molecule has 4 aromatic carbocycles. The summed E-state index contributed by atoms with van der Waals surface area (Å²) < 4.78 is 18.5. The maximum Gasteiger partial charge on any atom is 0.303 e. The zero-order valence-electron chi connectivity index (χ0n) is 27.1. The predicted octanol–water partition coefficient (Wildman–Crippen LogP) is 6.44. The molecule has 5 rings (SSSR count). The van der Waals surface area contributed by atoms with Crippen LogP contribution in [0.25, 0.3) is 0 Å². The number of amides is 2. The van der Waals surface area contributed by atoms with Crippen LogP contribution in [0.1, 0.15) is 66.9 Å². The van der Waals surface area contributed by atoms with Gasteiger partial charge in [-0.25, -0.2) is 0 Å². The summed E-state index contributed by atoms with van der Waals surface area (Å²) in [6.07, 6.45) is -2.16. The molecule has 1 aliphatic heterocycles. The van der Waals surface area contributed by atoms with Crippen molar-refractivity contribution >= 4 is 35.2 Å². The minimum absolute atomic E-state index is 0.0465. The number of hydrogen-bond acceptors (Lipinski definition) is 8. The van der Waals surface area contributed by atoms with Crippen LogP contribution in [0, 0.1) is 0 Å². The highest BCUT2D eigenvalue weighted by Gasteiger charge is 2.41. The van der Waals surface area contributed by atoms with Crippen LogP contribution in [0.2, 0.25) is 0 Å². The molecule has 4 aromatic rings. The maximum atomic E-state index is 12.3. The van der Waals surface area contributed by atoms with Gasteiger partial charge in [-0.3, -0.25) is 14.4 Å². The number of anilines is 1. The Bertz CT molecular complexity index is 1660. The summed E-state index contributed by atoms with van der Waals surface area (Å²) in [5.74, 6) is -0.507. The van der Waals surface area contributed by atoms with Gasteiger partial charge in [-0.15, -0.1) is 11.8 Å². The smallest absolute Gasteiger partial charge is 0.303 e. The van der Waals surface area contributed by atoms with Gasteiger partial charge in [0, 0.05) is 48.2 Å². The Kier molecular flexibility index (Phi) is 12.0. The Labute approximate surface area is 285 Å². The maximum absolute atomic E-state index is 12.3. The number of thioether (sulfide) groups is 1. The van der Waals surface area contributed by atoms with Crippen molar-refractivity contribution in [3.8, 4) is 0 Å². The van der Waals surface area contributed by atoms with E-state index in [9.17, 15) is 19.5 Å². The Balaban J connectivity index is 1.40. The summed E-state index contributed by atoms with van der Waals surface area (Å²) in [6, 6.07) is 33.5. The van der Waals surface area contributed by atoms with Gasteiger partial charge in [-0.2, -0.15) is 0 Å². The number of benzene rings is 4. The van der Waals surface area contributed by atoms with Crippen LogP contribution in [0.15, 0.2) is 108 Å². The summed E-state index contributed by atoms with van der Waals surface area (Å²) in [7, 11) is 0. The molecule has 10 heteroatoms. The number of aliphatic hydroxyl groups excluding tert-OH is 1. The van der Waals surface area contributed by atoms with Crippen LogP contribution in [0.5, 0.6) is 0 Å². The highest BCUT2D eigenvalue weighted by molar-refractivity contribution is 7.99. The first-order valence-electron chi connectivity index (χ1n) is 15.8. The Hall–Kier alpha value is -4.48. The molecule has 1 fully saturated rings. The van der Waals surface area contributed by atoms with Gasteiger partial charge < -0.3 is 30.0 Å². The van der Waals surface area contributed by atoms with Crippen molar-refractivity contribution in [2.45, 2.75) is 69.3 Å². The van der Waals surface area contributed by atoms with Crippen molar-refractivity contribution in [3.63, 3.8) is 0 Å².